The van der Waals surface area contributed by atoms with Crippen LogP contribution in [0.25, 0.3) is 0 Å². The van der Waals surface area contributed by atoms with E-state index in [1.54, 1.807) is 41.5 Å². The van der Waals surface area contributed by atoms with Crippen LogP contribution in [0.4, 0.5) is 0 Å². The summed E-state index contributed by atoms with van der Waals surface area (Å²) in [5.74, 6) is -11.5. The molecule has 3 aliphatic heterocycles. The van der Waals surface area contributed by atoms with E-state index in [4.69, 9.17) is 47.0 Å². The first kappa shape index (κ1) is 43.1. The number of furan rings is 1. The molecule has 3 unspecified atom stereocenters. The number of carbonyl (C=O) groups excluding carboxylic acids is 6. The zero-order valence-electron chi connectivity index (χ0n) is 36.1. The summed E-state index contributed by atoms with van der Waals surface area (Å²) in [4.78, 5) is 83.9. The van der Waals surface area contributed by atoms with Gasteiger partial charge in [-0.2, -0.15) is 0 Å². The van der Waals surface area contributed by atoms with Crippen molar-refractivity contribution in [1.29, 1.82) is 0 Å². The highest BCUT2D eigenvalue weighted by molar-refractivity contribution is 5.92. The van der Waals surface area contributed by atoms with Gasteiger partial charge in [0.2, 0.25) is 0 Å². The number of carbonyl (C=O) groups is 6. The van der Waals surface area contributed by atoms with Crippen LogP contribution in [0.2, 0.25) is 0 Å². The minimum Gasteiger partial charge on any atom is -0.512 e. The van der Waals surface area contributed by atoms with Gasteiger partial charge in [-0.15, -0.1) is 0 Å². The van der Waals surface area contributed by atoms with Crippen molar-refractivity contribution in [2.45, 2.75) is 154 Å². The number of ether oxygens (including phenoxy) is 9. The van der Waals surface area contributed by atoms with Crippen LogP contribution in [0.3, 0.4) is 0 Å². The Morgan fingerprint density at radius 3 is 2.10 bits per heavy atom. The summed E-state index contributed by atoms with van der Waals surface area (Å²) < 4.78 is 64.1. The van der Waals surface area contributed by atoms with Gasteiger partial charge in [0, 0.05) is 62.8 Å². The normalized spacial score (nSPS) is 47.0. The third kappa shape index (κ3) is 4.77. The monoisotopic (exact) mass is 858 g/mol. The van der Waals surface area contributed by atoms with Crippen LogP contribution in [0.15, 0.2) is 34.3 Å². The van der Waals surface area contributed by atoms with E-state index in [0.29, 0.717) is 6.42 Å². The Bertz CT molecular complexity index is 2130. The maximum Gasteiger partial charge on any atom is 0.338 e. The molecule has 61 heavy (non-hydrogen) atoms. The molecule has 8 rings (SSSR count). The minimum atomic E-state index is -2.63. The van der Waals surface area contributed by atoms with Crippen molar-refractivity contribution in [3.8, 4) is 0 Å². The van der Waals surface area contributed by atoms with E-state index in [-0.39, 0.29) is 18.4 Å². The molecule has 16 atom stereocenters. The van der Waals surface area contributed by atoms with Gasteiger partial charge in [-0.1, -0.05) is 41.5 Å². The Balaban J connectivity index is 1.61. The lowest BCUT2D eigenvalue weighted by Crippen LogP contribution is -2.97. The molecule has 7 aliphatic rings. The highest BCUT2D eigenvalue weighted by Gasteiger charge is 3.07. The van der Waals surface area contributed by atoms with Crippen LogP contribution in [0.1, 0.15) is 107 Å². The van der Waals surface area contributed by atoms with Crippen molar-refractivity contribution in [1.82, 2.24) is 0 Å². The van der Waals surface area contributed by atoms with Crippen molar-refractivity contribution in [2.75, 3.05) is 7.11 Å². The van der Waals surface area contributed by atoms with E-state index in [2.05, 4.69) is 0 Å². The Kier molecular flexibility index (Phi) is 9.37. The van der Waals surface area contributed by atoms with Gasteiger partial charge in [0.25, 0.3) is 5.97 Å². The number of allylic oxidation sites excluding steroid dienone is 1. The smallest absolute Gasteiger partial charge is 0.338 e. The molecular formula is C43H54O18. The molecule has 4 heterocycles. The summed E-state index contributed by atoms with van der Waals surface area (Å²) in [6.07, 6.45) is -6.44. The topological polar surface area (TPSA) is 239 Å². The summed E-state index contributed by atoms with van der Waals surface area (Å²) >= 11 is 0. The second-order valence-electron chi connectivity index (χ2n) is 18.6. The first-order valence-corrected chi connectivity index (χ1v) is 20.7. The summed E-state index contributed by atoms with van der Waals surface area (Å²) in [6, 6.07) is 1.51. The Morgan fingerprint density at radius 2 is 1.54 bits per heavy atom. The third-order valence-electron chi connectivity index (χ3n) is 15.7. The number of hydrogen-bond acceptors (Lipinski definition) is 18. The summed E-state index contributed by atoms with van der Waals surface area (Å²) in [5, 5.41) is 26.3. The van der Waals surface area contributed by atoms with Gasteiger partial charge in [-0.05, 0) is 24.8 Å². The van der Waals surface area contributed by atoms with Gasteiger partial charge in [0.05, 0.1) is 36.5 Å². The summed E-state index contributed by atoms with van der Waals surface area (Å²) in [5.41, 5.74) is -15.0. The lowest BCUT2D eigenvalue weighted by molar-refractivity contribution is -0.490. The first-order valence-electron chi connectivity index (χ1n) is 20.7. The van der Waals surface area contributed by atoms with E-state index >= 15 is 0 Å². The maximum absolute atomic E-state index is 14.8. The van der Waals surface area contributed by atoms with Crippen molar-refractivity contribution < 1.29 is 86.0 Å². The van der Waals surface area contributed by atoms with Gasteiger partial charge in [-0.3, -0.25) is 24.0 Å². The number of cyclic esters (lactones) is 1. The number of aliphatic hydroxyl groups is 2. The molecule has 4 aliphatic carbocycles. The predicted octanol–water partition coefficient (Wildman–Crippen LogP) is 3.81. The largest absolute Gasteiger partial charge is 0.512 e. The van der Waals surface area contributed by atoms with E-state index in [1.807, 2.05) is 0 Å². The van der Waals surface area contributed by atoms with Crippen LogP contribution in [0.5, 0.6) is 0 Å². The fraction of sp³-hybridized carbons (Fsp3) is 0.721. The number of rotatable bonds is 10. The molecule has 0 aromatic carbocycles. The number of fused-ring (bicyclic) bond motifs is 3. The van der Waals surface area contributed by atoms with E-state index in [1.165, 1.54) is 32.6 Å². The third-order valence-corrected chi connectivity index (χ3v) is 15.7. The molecule has 2 spiro atoms. The molecule has 18 heteroatoms. The molecule has 1 aromatic rings. The molecule has 4 bridgehead atoms. The van der Waals surface area contributed by atoms with Crippen LogP contribution >= 0.6 is 0 Å². The number of hydrogen-bond donors (Lipinski definition) is 2. The molecule has 0 radical (unpaired) electrons. The highest BCUT2D eigenvalue weighted by atomic mass is 16.9. The first-order chi connectivity index (χ1) is 28.4. The Hall–Kier alpha value is -4.52. The maximum atomic E-state index is 14.8. The van der Waals surface area contributed by atoms with Gasteiger partial charge < -0.3 is 57.3 Å². The molecule has 334 valence electrons. The predicted molar refractivity (Wildman–Crippen MR) is 201 cm³/mol. The Morgan fingerprint density at radius 1 is 0.902 bits per heavy atom. The fourth-order valence-corrected chi connectivity index (χ4v) is 13.8. The standard InChI is InChI=1S/C43H54O18/c1-12-19(3)32(49)58-34-36(7)18-40-38(9,25(36)16-26(48)52-11)43-31(55-21(5)45)30(54-20(4)44)37(8)28(27(24(47)13-2)33(50)57-29(37)23-14-15-53-17-23)42(43,60-39(10,59-40)61-43)35(41(34,40)51)56-22(6)46/h14-15,17,19,25,28-31,34-35,47,51H,12-13,16,18H2,1-11H3/b27-24-/t19?,25-,28+,29-,30-,31+,34-,35+,36+,37+,38+,39?,40?,41-,42+,43-/m0/s1. The second-order valence-corrected chi connectivity index (χ2v) is 18.6. The van der Waals surface area contributed by atoms with E-state index in [9.17, 15) is 39.0 Å². The van der Waals surface area contributed by atoms with E-state index < -0.39 is 146 Å². The molecular weight excluding hydrogens is 804 g/mol. The fourth-order valence-electron chi connectivity index (χ4n) is 13.8. The molecule has 0 amide bonds. The number of aliphatic hydroxyl groups excluding tert-OH is 1. The molecule has 2 N–H and O–H groups in total. The van der Waals surface area contributed by atoms with Crippen molar-refractivity contribution in [2.24, 2.45) is 34.0 Å². The number of methoxy groups -OCH3 is 1. The molecule has 4 saturated carbocycles. The zero-order valence-corrected chi connectivity index (χ0v) is 36.1. The molecule has 1 aromatic heterocycles. The molecule has 7 fully saturated rings. The average molecular weight is 859 g/mol. The minimum absolute atomic E-state index is 0.168. The lowest BCUT2D eigenvalue weighted by Gasteiger charge is -2.78. The van der Waals surface area contributed by atoms with Gasteiger partial charge in [-0.25, -0.2) is 4.79 Å². The zero-order chi connectivity index (χ0) is 44.8. The number of esters is 6. The van der Waals surface area contributed by atoms with Crippen molar-refractivity contribution >= 4 is 35.8 Å². The lowest BCUT2D eigenvalue weighted by atomic mass is 9.32. The highest BCUT2D eigenvalue weighted by Crippen LogP contribution is 2.90. The van der Waals surface area contributed by atoms with Crippen LogP contribution in [-0.4, -0.2) is 106 Å². The quantitative estimate of drug-likeness (QED) is 0.147. The molecule has 3 saturated heterocycles. The van der Waals surface area contributed by atoms with Gasteiger partial charge >= 0.3 is 35.8 Å². The second kappa shape index (κ2) is 13.3. The van der Waals surface area contributed by atoms with Crippen molar-refractivity contribution in [3.63, 3.8) is 0 Å². The Labute approximate surface area is 351 Å². The van der Waals surface area contributed by atoms with Crippen LogP contribution < -0.4 is 0 Å². The van der Waals surface area contributed by atoms with Crippen LogP contribution in [0, 0.1) is 34.0 Å². The molecule has 18 nitrogen and oxygen atoms in total. The van der Waals surface area contributed by atoms with Gasteiger partial charge in [0.1, 0.15) is 23.6 Å². The SMILES string of the molecule is CC/C(O)=C1/C(=O)O[C@@H](c2ccoc2)[C@@]2(C)[C@@H]1[C@@]13OC4(C)OC56C[C@@](C)([C@H](OC(=O)C(C)CC)[C@]5(O)[C@H]1OC(C)=O)[C@H](CC(=O)OC)[C@@]6(C)[C@@]3(O4)[C@H](OC(C)=O)[C@@H]2OC(C)=O. The summed E-state index contributed by atoms with van der Waals surface area (Å²) in [6.45, 7) is 14.7. The van der Waals surface area contributed by atoms with E-state index in [0.717, 1.165) is 20.8 Å². The van der Waals surface area contributed by atoms with Gasteiger partial charge in [0.15, 0.2) is 35.1 Å². The van der Waals surface area contributed by atoms with Crippen molar-refractivity contribution in [3.05, 3.63) is 35.5 Å². The summed E-state index contributed by atoms with van der Waals surface area (Å²) in [7, 11) is 1.19. The average Bonchev–Trinajstić information content (AvgIpc) is 3.88. The van der Waals surface area contributed by atoms with Crippen LogP contribution in [-0.2, 0) is 71.4 Å².